The number of thiophene rings is 1. The molecule has 1 aliphatic rings. The Morgan fingerprint density at radius 1 is 1.38 bits per heavy atom. The number of hydrogen-bond donors (Lipinski definition) is 2. The number of aliphatic carboxylic acids is 1. The highest BCUT2D eigenvalue weighted by Gasteiger charge is 2.38. The van der Waals surface area contributed by atoms with Crippen LogP contribution in [0, 0.1) is 0 Å². The third kappa shape index (κ3) is 4.77. The number of rotatable bonds is 2. The summed E-state index contributed by atoms with van der Waals surface area (Å²) in [7, 11) is 0. The fourth-order valence-corrected chi connectivity index (χ4v) is 3.98. The maximum absolute atomic E-state index is 12.6. The van der Waals surface area contributed by atoms with Crippen LogP contribution < -0.4 is 10.9 Å². The summed E-state index contributed by atoms with van der Waals surface area (Å²) in [6.07, 6.45) is -2.48. The minimum Gasteiger partial charge on any atom is -0.475 e. The van der Waals surface area contributed by atoms with Gasteiger partial charge < -0.3 is 10.4 Å². The molecule has 1 aliphatic heterocycles. The van der Waals surface area contributed by atoms with Crippen molar-refractivity contribution in [2.45, 2.75) is 25.7 Å². The minimum absolute atomic E-state index is 0.0281. The lowest BCUT2D eigenvalue weighted by Gasteiger charge is -2.20. The van der Waals surface area contributed by atoms with Crippen molar-refractivity contribution in [1.29, 1.82) is 0 Å². The molecule has 0 amide bonds. The predicted octanol–water partition coefficient (Wildman–Crippen LogP) is 3.44. The number of alkyl halides is 3. The molecule has 2 N–H and O–H groups in total. The van der Waals surface area contributed by atoms with E-state index in [1.54, 1.807) is 16.3 Å². The van der Waals surface area contributed by atoms with Crippen molar-refractivity contribution >= 4 is 39.8 Å². The molecule has 154 valence electrons. The average Bonchev–Trinajstić information content (AvgIpc) is 3.06. The van der Waals surface area contributed by atoms with E-state index in [-0.39, 0.29) is 5.56 Å². The van der Waals surface area contributed by atoms with Crippen LogP contribution in [0.15, 0.2) is 34.7 Å². The lowest BCUT2D eigenvalue weighted by atomic mass is 9.95. The van der Waals surface area contributed by atoms with Crippen LogP contribution in [0.4, 0.5) is 13.2 Å². The maximum atomic E-state index is 12.6. The molecule has 0 fully saturated rings. The lowest BCUT2D eigenvalue weighted by molar-refractivity contribution is -0.192. The fourth-order valence-electron chi connectivity index (χ4n) is 2.99. The minimum atomic E-state index is -5.08. The Bertz CT molecular complexity index is 1110. The molecular formula is C18H15ClF3N3O3S. The monoisotopic (exact) mass is 445 g/mol. The highest BCUT2D eigenvalue weighted by Crippen LogP contribution is 2.26. The van der Waals surface area contributed by atoms with Gasteiger partial charge in [-0.25, -0.2) is 9.78 Å². The van der Waals surface area contributed by atoms with Crippen LogP contribution in [-0.2, 0) is 24.3 Å². The van der Waals surface area contributed by atoms with E-state index in [1.807, 2.05) is 0 Å². The lowest BCUT2D eigenvalue weighted by Crippen LogP contribution is -2.26. The fraction of sp³-hybridized carbons (Fsp3) is 0.278. The quantitative estimate of drug-likeness (QED) is 0.631. The van der Waals surface area contributed by atoms with E-state index < -0.39 is 12.1 Å². The van der Waals surface area contributed by atoms with E-state index in [9.17, 15) is 18.0 Å². The van der Waals surface area contributed by atoms with E-state index in [4.69, 9.17) is 21.5 Å². The van der Waals surface area contributed by atoms with Crippen LogP contribution in [0.5, 0.6) is 0 Å². The zero-order valence-corrected chi connectivity index (χ0v) is 16.4. The zero-order valence-electron chi connectivity index (χ0n) is 14.8. The molecule has 4 rings (SSSR count). The van der Waals surface area contributed by atoms with Crippen molar-refractivity contribution < 1.29 is 23.1 Å². The van der Waals surface area contributed by atoms with Crippen molar-refractivity contribution in [2.24, 2.45) is 0 Å². The normalized spacial score (nSPS) is 13.5. The molecule has 0 radical (unpaired) electrons. The van der Waals surface area contributed by atoms with E-state index >= 15 is 0 Å². The molecule has 0 unspecified atom stereocenters. The Kier molecular flexibility index (Phi) is 6.25. The van der Waals surface area contributed by atoms with Crippen molar-refractivity contribution in [3.8, 4) is 0 Å². The van der Waals surface area contributed by atoms with Gasteiger partial charge in [0, 0.05) is 11.9 Å². The Morgan fingerprint density at radius 3 is 2.79 bits per heavy atom. The van der Waals surface area contributed by atoms with Gasteiger partial charge in [0.05, 0.1) is 18.3 Å². The Hall–Kier alpha value is -2.43. The summed E-state index contributed by atoms with van der Waals surface area (Å²) in [6, 6.07) is 6.30. The number of aromatic nitrogens is 2. The molecule has 0 bridgehead atoms. The largest absolute Gasteiger partial charge is 0.490 e. The van der Waals surface area contributed by atoms with Gasteiger partial charge in [0.1, 0.15) is 9.85 Å². The zero-order chi connectivity index (χ0) is 21.2. The SMILES string of the molecule is O=C(O)C(F)(F)F.O=c1c2csc(Cl)c2ncn1Cc1cccc2c1CCNC2. The molecule has 0 saturated heterocycles. The van der Waals surface area contributed by atoms with Crippen LogP contribution >= 0.6 is 22.9 Å². The van der Waals surface area contributed by atoms with Crippen LogP contribution in [0.3, 0.4) is 0 Å². The summed E-state index contributed by atoms with van der Waals surface area (Å²) >= 11 is 7.40. The van der Waals surface area contributed by atoms with Gasteiger partial charge in [-0.3, -0.25) is 9.36 Å². The van der Waals surface area contributed by atoms with Gasteiger partial charge in [-0.2, -0.15) is 13.2 Å². The predicted molar refractivity (Wildman–Crippen MR) is 104 cm³/mol. The molecule has 0 atom stereocenters. The second-order valence-electron chi connectivity index (χ2n) is 6.23. The maximum Gasteiger partial charge on any atom is 0.490 e. The molecular weight excluding hydrogens is 431 g/mol. The third-order valence-corrected chi connectivity index (χ3v) is 5.56. The second-order valence-corrected chi connectivity index (χ2v) is 7.72. The number of carboxylic acid groups (broad SMARTS) is 1. The van der Waals surface area contributed by atoms with Crippen molar-refractivity contribution in [3.63, 3.8) is 0 Å². The number of carboxylic acids is 1. The summed E-state index contributed by atoms with van der Waals surface area (Å²) in [5.74, 6) is -2.76. The highest BCUT2D eigenvalue weighted by atomic mass is 35.5. The second kappa shape index (κ2) is 8.52. The number of nitrogens with one attached hydrogen (secondary N) is 1. The van der Waals surface area contributed by atoms with Crippen molar-refractivity contribution in [1.82, 2.24) is 14.9 Å². The molecule has 0 spiro atoms. The van der Waals surface area contributed by atoms with E-state index in [0.29, 0.717) is 21.8 Å². The number of nitrogens with zero attached hydrogens (tertiary/aromatic N) is 2. The van der Waals surface area contributed by atoms with Gasteiger partial charge in [-0.15, -0.1) is 11.3 Å². The van der Waals surface area contributed by atoms with Crippen LogP contribution in [0.2, 0.25) is 4.34 Å². The molecule has 1 aromatic carbocycles. The van der Waals surface area contributed by atoms with Crippen LogP contribution in [0.1, 0.15) is 16.7 Å². The first-order valence-corrected chi connectivity index (χ1v) is 9.67. The van der Waals surface area contributed by atoms with E-state index in [1.165, 1.54) is 28.0 Å². The number of carbonyl (C=O) groups is 1. The van der Waals surface area contributed by atoms with Crippen molar-refractivity contribution in [2.75, 3.05) is 6.54 Å². The third-order valence-electron chi connectivity index (χ3n) is 4.36. The molecule has 3 heterocycles. The molecule has 6 nitrogen and oxygen atoms in total. The van der Waals surface area contributed by atoms with Gasteiger partial charge >= 0.3 is 12.1 Å². The highest BCUT2D eigenvalue weighted by molar-refractivity contribution is 7.16. The van der Waals surface area contributed by atoms with Gasteiger partial charge in [-0.05, 0) is 29.7 Å². The first kappa shape index (κ1) is 21.3. The first-order valence-electron chi connectivity index (χ1n) is 8.41. The molecule has 0 aliphatic carbocycles. The summed E-state index contributed by atoms with van der Waals surface area (Å²) < 4.78 is 34.0. The topological polar surface area (TPSA) is 84.2 Å². The first-order chi connectivity index (χ1) is 13.7. The van der Waals surface area contributed by atoms with Crippen LogP contribution in [0.25, 0.3) is 10.9 Å². The number of hydrogen-bond acceptors (Lipinski definition) is 5. The van der Waals surface area contributed by atoms with Gasteiger partial charge in [0.25, 0.3) is 5.56 Å². The number of fused-ring (bicyclic) bond motifs is 2. The van der Waals surface area contributed by atoms with E-state index in [0.717, 1.165) is 19.5 Å². The Morgan fingerprint density at radius 2 is 2.10 bits per heavy atom. The summed E-state index contributed by atoms with van der Waals surface area (Å²) in [5, 5.41) is 12.9. The Labute approximate surface area is 171 Å². The molecule has 2 aromatic heterocycles. The standard InChI is InChI=1S/C16H14ClN3OS.C2HF3O2/c17-15-14-13(8-22-15)16(21)20(9-19-14)7-11-3-1-2-10-6-18-5-4-12(10)11;3-2(4,5)1(6)7/h1-3,8-9,18H,4-7H2;(H,6,7). The summed E-state index contributed by atoms with van der Waals surface area (Å²) in [4.78, 5) is 25.8. The molecule has 11 heteroatoms. The smallest absolute Gasteiger partial charge is 0.475 e. The number of halogens is 4. The van der Waals surface area contributed by atoms with Gasteiger partial charge in [-0.1, -0.05) is 29.8 Å². The van der Waals surface area contributed by atoms with Gasteiger partial charge in [0.15, 0.2) is 0 Å². The van der Waals surface area contributed by atoms with E-state index in [2.05, 4.69) is 28.5 Å². The number of benzene rings is 1. The average molecular weight is 446 g/mol. The van der Waals surface area contributed by atoms with Crippen molar-refractivity contribution in [3.05, 3.63) is 61.3 Å². The summed E-state index contributed by atoms with van der Waals surface area (Å²) in [5.41, 5.74) is 4.46. The molecule has 0 saturated carbocycles. The summed E-state index contributed by atoms with van der Waals surface area (Å²) in [6.45, 7) is 2.43. The van der Waals surface area contributed by atoms with Gasteiger partial charge in [0.2, 0.25) is 0 Å². The molecule has 29 heavy (non-hydrogen) atoms. The Balaban J connectivity index is 0.000000298. The van der Waals surface area contributed by atoms with Crippen LogP contribution in [-0.4, -0.2) is 33.3 Å². The molecule has 3 aromatic rings.